The second-order valence-electron chi connectivity index (χ2n) is 4.95. The van der Waals surface area contributed by atoms with E-state index < -0.39 is 0 Å². The van der Waals surface area contributed by atoms with E-state index in [9.17, 15) is 10.2 Å². The zero-order valence-electron chi connectivity index (χ0n) is 11.9. The van der Waals surface area contributed by atoms with E-state index in [2.05, 4.69) is 16.3 Å². The first-order chi connectivity index (χ1) is 9.75. The van der Waals surface area contributed by atoms with E-state index >= 15 is 0 Å². The Bertz CT molecular complexity index is 575. The molecule has 0 saturated carbocycles. The first-order valence-electron chi connectivity index (χ1n) is 6.76. The normalized spacial score (nSPS) is 16.4. The van der Waals surface area contributed by atoms with E-state index in [-0.39, 0.29) is 42.4 Å². The Balaban J connectivity index is 0.00000121. The predicted octanol–water partition coefficient (Wildman–Crippen LogP) is 3.00. The Morgan fingerprint density at radius 3 is 2.45 bits per heavy atom. The van der Waals surface area contributed by atoms with Gasteiger partial charge in [-0.2, -0.15) is 0 Å². The summed E-state index contributed by atoms with van der Waals surface area (Å²) in [6.45, 7) is 3.75. The topological polar surface area (TPSA) is 55.7 Å². The number of rotatable bonds is 3. The first kappa shape index (κ1) is 19.1. The van der Waals surface area contributed by atoms with Crippen LogP contribution in [0.2, 0.25) is 0 Å². The Morgan fingerprint density at radius 2 is 1.82 bits per heavy atom. The molecule has 0 aliphatic carbocycles. The third-order valence-corrected chi connectivity index (χ3v) is 4.56. The molecule has 3 rings (SSSR count). The number of nitrogens with zero attached hydrogens (tertiary/aromatic N) is 1. The zero-order valence-corrected chi connectivity index (χ0v) is 14.4. The van der Waals surface area contributed by atoms with Crippen molar-refractivity contribution in [2.75, 3.05) is 26.2 Å². The molecule has 0 radical (unpaired) electrons. The minimum Gasteiger partial charge on any atom is -0.508 e. The van der Waals surface area contributed by atoms with Gasteiger partial charge in [0.2, 0.25) is 0 Å². The number of thiophene rings is 1. The monoisotopic (exact) mass is 362 g/mol. The SMILES string of the molecule is Cl.Cl.Oc1ccc(O)c([C@H](c2cccs2)N2CCNCC2)c1. The van der Waals surface area contributed by atoms with Crippen molar-refractivity contribution in [1.82, 2.24) is 10.2 Å². The molecule has 0 spiro atoms. The minimum atomic E-state index is 0. The van der Waals surface area contributed by atoms with Gasteiger partial charge < -0.3 is 15.5 Å². The van der Waals surface area contributed by atoms with E-state index in [1.54, 1.807) is 23.5 Å². The fraction of sp³-hybridized carbons (Fsp3) is 0.333. The Hall–Kier alpha value is -0.980. The van der Waals surface area contributed by atoms with E-state index in [1.807, 2.05) is 11.4 Å². The molecule has 1 saturated heterocycles. The smallest absolute Gasteiger partial charge is 0.121 e. The molecule has 1 fully saturated rings. The summed E-state index contributed by atoms with van der Waals surface area (Å²) in [5, 5.41) is 25.3. The van der Waals surface area contributed by atoms with Crippen molar-refractivity contribution in [2.45, 2.75) is 6.04 Å². The summed E-state index contributed by atoms with van der Waals surface area (Å²) in [5.74, 6) is 0.425. The number of benzene rings is 1. The largest absolute Gasteiger partial charge is 0.508 e. The van der Waals surface area contributed by atoms with Crippen LogP contribution in [0.15, 0.2) is 35.7 Å². The highest BCUT2D eigenvalue weighted by Crippen LogP contribution is 2.38. The van der Waals surface area contributed by atoms with Crippen molar-refractivity contribution in [3.05, 3.63) is 46.2 Å². The molecule has 1 atom stereocenters. The summed E-state index contributed by atoms with van der Waals surface area (Å²) in [5.41, 5.74) is 0.773. The van der Waals surface area contributed by atoms with Crippen molar-refractivity contribution in [3.63, 3.8) is 0 Å². The van der Waals surface area contributed by atoms with Crippen molar-refractivity contribution < 1.29 is 10.2 Å². The second kappa shape index (κ2) is 8.60. The van der Waals surface area contributed by atoms with E-state index in [4.69, 9.17) is 0 Å². The third-order valence-electron chi connectivity index (χ3n) is 3.64. The molecule has 1 aliphatic heterocycles. The summed E-state index contributed by atoms with van der Waals surface area (Å²) in [6.07, 6.45) is 0. The number of piperazine rings is 1. The lowest BCUT2D eigenvalue weighted by molar-refractivity contribution is 0.198. The molecule has 1 aromatic heterocycles. The summed E-state index contributed by atoms with van der Waals surface area (Å²) in [4.78, 5) is 3.53. The molecule has 1 aromatic carbocycles. The van der Waals surface area contributed by atoms with Crippen molar-refractivity contribution in [3.8, 4) is 11.5 Å². The van der Waals surface area contributed by atoms with Gasteiger partial charge in [-0.3, -0.25) is 4.90 Å². The molecular weight excluding hydrogens is 343 g/mol. The average molecular weight is 363 g/mol. The Labute approximate surface area is 146 Å². The van der Waals surface area contributed by atoms with Gasteiger partial charge in [-0.05, 0) is 29.6 Å². The molecule has 2 heterocycles. The maximum Gasteiger partial charge on any atom is 0.121 e. The maximum absolute atomic E-state index is 10.2. The first-order valence-corrected chi connectivity index (χ1v) is 7.64. The van der Waals surface area contributed by atoms with Gasteiger partial charge in [0.15, 0.2) is 0 Å². The fourth-order valence-corrected chi connectivity index (χ4v) is 3.55. The number of halogens is 2. The Morgan fingerprint density at radius 1 is 1.09 bits per heavy atom. The van der Waals surface area contributed by atoms with Gasteiger partial charge in [-0.1, -0.05) is 6.07 Å². The number of aromatic hydroxyl groups is 2. The average Bonchev–Trinajstić information content (AvgIpc) is 2.98. The molecule has 1 aliphatic rings. The van der Waals surface area contributed by atoms with Gasteiger partial charge >= 0.3 is 0 Å². The van der Waals surface area contributed by atoms with Crippen LogP contribution in [0.3, 0.4) is 0 Å². The van der Waals surface area contributed by atoms with Crippen molar-refractivity contribution in [1.29, 1.82) is 0 Å². The van der Waals surface area contributed by atoms with Gasteiger partial charge in [0, 0.05) is 36.6 Å². The molecule has 22 heavy (non-hydrogen) atoms. The van der Waals surface area contributed by atoms with Gasteiger partial charge in [-0.25, -0.2) is 0 Å². The summed E-state index contributed by atoms with van der Waals surface area (Å²) < 4.78 is 0. The summed E-state index contributed by atoms with van der Waals surface area (Å²) >= 11 is 1.68. The fourth-order valence-electron chi connectivity index (χ4n) is 2.68. The van der Waals surface area contributed by atoms with Crippen LogP contribution in [0.4, 0.5) is 0 Å². The van der Waals surface area contributed by atoms with Crippen molar-refractivity contribution >= 4 is 36.2 Å². The van der Waals surface area contributed by atoms with Crippen molar-refractivity contribution in [2.24, 2.45) is 0 Å². The predicted molar refractivity (Wildman–Crippen MR) is 94.9 cm³/mol. The number of hydrogen-bond acceptors (Lipinski definition) is 5. The van der Waals surface area contributed by atoms with Crippen LogP contribution in [0.5, 0.6) is 11.5 Å². The number of phenolic OH excluding ortho intramolecular Hbond substituents is 2. The maximum atomic E-state index is 10.2. The molecule has 0 bridgehead atoms. The molecule has 122 valence electrons. The van der Waals surface area contributed by atoms with Crippen LogP contribution in [-0.2, 0) is 0 Å². The number of hydrogen-bond donors (Lipinski definition) is 3. The highest BCUT2D eigenvalue weighted by molar-refractivity contribution is 7.10. The van der Waals surface area contributed by atoms with E-state index in [1.165, 1.54) is 10.9 Å². The lowest BCUT2D eigenvalue weighted by Gasteiger charge is -2.35. The van der Waals surface area contributed by atoms with Crippen LogP contribution >= 0.6 is 36.2 Å². The van der Waals surface area contributed by atoms with Gasteiger partial charge in [0.1, 0.15) is 11.5 Å². The van der Waals surface area contributed by atoms with E-state index in [0.717, 1.165) is 31.7 Å². The second-order valence-corrected chi connectivity index (χ2v) is 5.93. The van der Waals surface area contributed by atoms with E-state index in [0.29, 0.717) is 0 Å². The minimum absolute atomic E-state index is 0. The highest BCUT2D eigenvalue weighted by Gasteiger charge is 2.27. The molecule has 2 aromatic rings. The zero-order chi connectivity index (χ0) is 13.9. The Kier molecular flexibility index (Phi) is 7.45. The molecule has 4 nitrogen and oxygen atoms in total. The van der Waals surface area contributed by atoms with Gasteiger partial charge in [0.25, 0.3) is 0 Å². The molecule has 0 amide bonds. The van der Waals surface area contributed by atoms with Gasteiger partial charge in [-0.15, -0.1) is 36.2 Å². The standard InChI is InChI=1S/C15H18N2O2S.2ClH/c18-11-3-4-13(19)12(10-11)15(14-2-1-9-20-14)17-7-5-16-6-8-17;;/h1-4,9-10,15-16,18-19H,5-8H2;2*1H/t15-;;/m1../s1. The quantitative estimate of drug-likeness (QED) is 0.734. The van der Waals surface area contributed by atoms with Crippen LogP contribution in [0.25, 0.3) is 0 Å². The molecule has 0 unspecified atom stereocenters. The summed E-state index contributed by atoms with van der Waals surface area (Å²) in [7, 11) is 0. The van der Waals surface area contributed by atoms with Crippen LogP contribution in [0, 0.1) is 0 Å². The van der Waals surface area contributed by atoms with Crippen LogP contribution in [-0.4, -0.2) is 41.3 Å². The summed E-state index contributed by atoms with van der Waals surface area (Å²) in [6, 6.07) is 8.86. The number of nitrogens with one attached hydrogen (secondary N) is 1. The molecule has 7 heteroatoms. The third kappa shape index (κ3) is 4.06. The lowest BCUT2D eigenvalue weighted by Crippen LogP contribution is -2.45. The highest BCUT2D eigenvalue weighted by atomic mass is 35.5. The van der Waals surface area contributed by atoms with Gasteiger partial charge in [0.05, 0.1) is 6.04 Å². The van der Waals surface area contributed by atoms with Crippen LogP contribution in [0.1, 0.15) is 16.5 Å². The van der Waals surface area contributed by atoms with Crippen LogP contribution < -0.4 is 5.32 Å². The molecular formula is C15H20Cl2N2O2S. The number of phenols is 2. The lowest BCUT2D eigenvalue weighted by atomic mass is 10.0. The molecule has 3 N–H and O–H groups in total.